The van der Waals surface area contributed by atoms with Crippen LogP contribution in [0.1, 0.15) is 41.0 Å². The highest BCUT2D eigenvalue weighted by Gasteiger charge is 2.20. The van der Waals surface area contributed by atoms with Gasteiger partial charge in [0, 0.05) is 11.3 Å². The van der Waals surface area contributed by atoms with E-state index in [-0.39, 0.29) is 17.2 Å². The van der Waals surface area contributed by atoms with Crippen LogP contribution >= 0.6 is 22.9 Å². The third kappa shape index (κ3) is 3.27. The van der Waals surface area contributed by atoms with Crippen LogP contribution in [0, 0.1) is 0 Å². The van der Waals surface area contributed by atoms with Crippen LogP contribution in [0.4, 0.5) is 5.69 Å². The smallest absolute Gasteiger partial charge is 0.223 e. The SMILES string of the molecule is COc1ccc2oc(C(=O)/C=C/c3csc(C(C)C)n3)c(N)c2c1Cl. The topological polar surface area (TPSA) is 78.3 Å². The Kier molecular flexibility index (Phi) is 4.83. The lowest BCUT2D eigenvalue weighted by molar-refractivity contribution is 0.102. The Balaban J connectivity index is 1.93. The molecule has 0 fully saturated rings. The van der Waals surface area contributed by atoms with E-state index < -0.39 is 0 Å². The minimum absolute atomic E-state index is 0.0562. The highest BCUT2D eigenvalue weighted by Crippen LogP contribution is 2.39. The summed E-state index contributed by atoms with van der Waals surface area (Å²) in [7, 11) is 1.51. The van der Waals surface area contributed by atoms with Crippen molar-refractivity contribution in [1.29, 1.82) is 0 Å². The van der Waals surface area contributed by atoms with Crippen LogP contribution < -0.4 is 10.5 Å². The number of halogens is 1. The number of nitrogens with two attached hydrogens (primary N) is 1. The summed E-state index contributed by atoms with van der Waals surface area (Å²) >= 11 is 7.83. The van der Waals surface area contributed by atoms with E-state index >= 15 is 0 Å². The van der Waals surface area contributed by atoms with E-state index in [0.29, 0.717) is 27.7 Å². The zero-order valence-electron chi connectivity index (χ0n) is 14.0. The first kappa shape index (κ1) is 17.5. The molecule has 3 aromatic rings. The van der Waals surface area contributed by atoms with Crippen molar-refractivity contribution < 1.29 is 13.9 Å². The summed E-state index contributed by atoms with van der Waals surface area (Å²) in [6.07, 6.45) is 3.05. The molecule has 5 nitrogen and oxygen atoms in total. The number of hydrogen-bond acceptors (Lipinski definition) is 6. The van der Waals surface area contributed by atoms with Crippen LogP contribution in [0.3, 0.4) is 0 Å². The third-order valence-corrected chi connectivity index (χ3v) is 5.22. The maximum absolute atomic E-state index is 12.5. The molecule has 0 atom stereocenters. The zero-order chi connectivity index (χ0) is 18.1. The molecule has 1 aromatic carbocycles. The molecule has 0 amide bonds. The number of carbonyl (C=O) groups excluding carboxylic acids is 1. The second-order valence-electron chi connectivity index (χ2n) is 5.76. The van der Waals surface area contributed by atoms with E-state index in [4.69, 9.17) is 26.5 Å². The number of thiazole rings is 1. The van der Waals surface area contributed by atoms with Gasteiger partial charge in [-0.2, -0.15) is 0 Å². The molecular formula is C18H17ClN2O3S. The number of aromatic nitrogens is 1. The highest BCUT2D eigenvalue weighted by atomic mass is 35.5. The molecule has 2 N–H and O–H groups in total. The maximum atomic E-state index is 12.5. The van der Waals surface area contributed by atoms with Gasteiger partial charge in [-0.1, -0.05) is 25.4 Å². The van der Waals surface area contributed by atoms with Crippen molar-refractivity contribution in [2.45, 2.75) is 19.8 Å². The lowest BCUT2D eigenvalue weighted by atomic mass is 10.1. The van der Waals surface area contributed by atoms with Crippen LogP contribution in [-0.2, 0) is 0 Å². The number of nitrogen functional groups attached to an aromatic ring is 1. The molecular weight excluding hydrogens is 360 g/mol. The van der Waals surface area contributed by atoms with Gasteiger partial charge in [-0.3, -0.25) is 4.79 Å². The van der Waals surface area contributed by atoms with Gasteiger partial charge < -0.3 is 14.9 Å². The number of ether oxygens (including phenoxy) is 1. The van der Waals surface area contributed by atoms with Crippen LogP contribution in [-0.4, -0.2) is 17.9 Å². The van der Waals surface area contributed by atoms with Crippen molar-refractivity contribution in [3.8, 4) is 5.75 Å². The predicted molar refractivity (Wildman–Crippen MR) is 102 cm³/mol. The molecule has 3 rings (SSSR count). The Bertz CT molecular complexity index is 972. The lowest BCUT2D eigenvalue weighted by Gasteiger charge is -2.02. The van der Waals surface area contributed by atoms with Crippen molar-refractivity contribution in [3.05, 3.63) is 45.1 Å². The van der Waals surface area contributed by atoms with Gasteiger partial charge in [-0.25, -0.2) is 4.98 Å². The quantitative estimate of drug-likeness (QED) is 0.492. The number of anilines is 1. The van der Waals surface area contributed by atoms with E-state index in [1.165, 1.54) is 13.2 Å². The lowest BCUT2D eigenvalue weighted by Crippen LogP contribution is -1.97. The van der Waals surface area contributed by atoms with Crippen LogP contribution in [0.5, 0.6) is 5.75 Å². The normalized spacial score (nSPS) is 11.7. The fourth-order valence-electron chi connectivity index (χ4n) is 2.37. The Morgan fingerprint density at radius 3 is 2.84 bits per heavy atom. The van der Waals surface area contributed by atoms with Crippen LogP contribution in [0.2, 0.25) is 5.02 Å². The predicted octanol–water partition coefficient (Wildman–Crippen LogP) is 5.15. The molecule has 0 aliphatic heterocycles. The molecule has 130 valence electrons. The Morgan fingerprint density at radius 1 is 1.44 bits per heavy atom. The standard InChI is InChI=1S/C18H17ClN2O3S/c1-9(2)18-21-10(8-25-18)4-5-11(22)17-16(20)14-12(24-17)6-7-13(23-3)15(14)19/h4-9H,20H2,1-3H3/b5-4+. The Morgan fingerprint density at radius 2 is 2.20 bits per heavy atom. The summed E-state index contributed by atoms with van der Waals surface area (Å²) in [6, 6.07) is 3.34. The summed E-state index contributed by atoms with van der Waals surface area (Å²) in [4.78, 5) is 16.9. The number of nitrogens with zero attached hydrogens (tertiary/aromatic N) is 1. The minimum atomic E-state index is -0.345. The van der Waals surface area contributed by atoms with Crippen molar-refractivity contribution in [2.24, 2.45) is 0 Å². The summed E-state index contributed by atoms with van der Waals surface area (Å²) in [6.45, 7) is 4.15. The molecule has 0 bridgehead atoms. The van der Waals surface area contributed by atoms with E-state index in [1.54, 1.807) is 29.5 Å². The monoisotopic (exact) mass is 376 g/mol. The molecule has 2 aromatic heterocycles. The van der Waals surface area contributed by atoms with Gasteiger partial charge in [0.05, 0.1) is 33.9 Å². The molecule has 0 aliphatic rings. The molecule has 25 heavy (non-hydrogen) atoms. The fraction of sp³-hybridized carbons (Fsp3) is 0.222. The molecule has 2 heterocycles. The third-order valence-electron chi connectivity index (χ3n) is 3.68. The highest BCUT2D eigenvalue weighted by molar-refractivity contribution is 7.09. The Hall–Kier alpha value is -2.31. The number of fused-ring (bicyclic) bond motifs is 1. The molecule has 7 heteroatoms. The fourth-order valence-corrected chi connectivity index (χ4v) is 3.51. The number of ketones is 1. The average Bonchev–Trinajstić information content (AvgIpc) is 3.18. The zero-order valence-corrected chi connectivity index (χ0v) is 15.6. The van der Waals surface area contributed by atoms with E-state index in [2.05, 4.69) is 18.8 Å². The Labute approximate surface area is 154 Å². The largest absolute Gasteiger partial charge is 0.495 e. The van der Waals surface area contributed by atoms with Gasteiger partial charge in [0.2, 0.25) is 5.78 Å². The second-order valence-corrected chi connectivity index (χ2v) is 7.03. The van der Waals surface area contributed by atoms with Gasteiger partial charge in [0.1, 0.15) is 11.3 Å². The first-order valence-electron chi connectivity index (χ1n) is 7.64. The summed E-state index contributed by atoms with van der Waals surface area (Å²) < 4.78 is 10.8. The molecule has 0 spiro atoms. The molecule has 0 saturated carbocycles. The number of furan rings is 1. The number of benzene rings is 1. The summed E-state index contributed by atoms with van der Waals surface area (Å²) in [5.74, 6) is 0.537. The van der Waals surface area contributed by atoms with Crippen molar-refractivity contribution in [2.75, 3.05) is 12.8 Å². The van der Waals surface area contributed by atoms with E-state index in [1.807, 2.05) is 5.38 Å². The molecule has 0 saturated heterocycles. The minimum Gasteiger partial charge on any atom is -0.495 e. The van der Waals surface area contributed by atoms with Gasteiger partial charge in [-0.05, 0) is 24.3 Å². The van der Waals surface area contributed by atoms with Gasteiger partial charge in [0.15, 0.2) is 5.76 Å². The first-order chi connectivity index (χ1) is 11.9. The number of allylic oxidation sites excluding steroid dienone is 1. The van der Waals surface area contributed by atoms with Gasteiger partial charge in [-0.15, -0.1) is 11.3 Å². The molecule has 0 radical (unpaired) electrons. The van der Waals surface area contributed by atoms with Crippen LogP contribution in [0.15, 0.2) is 28.0 Å². The average molecular weight is 377 g/mol. The van der Waals surface area contributed by atoms with Crippen LogP contribution in [0.25, 0.3) is 17.0 Å². The maximum Gasteiger partial charge on any atom is 0.223 e. The first-order valence-corrected chi connectivity index (χ1v) is 8.90. The number of rotatable bonds is 5. The van der Waals surface area contributed by atoms with Crippen molar-refractivity contribution in [3.63, 3.8) is 0 Å². The molecule has 0 aliphatic carbocycles. The second kappa shape index (κ2) is 6.90. The summed E-state index contributed by atoms with van der Waals surface area (Å²) in [5, 5.41) is 3.73. The van der Waals surface area contributed by atoms with E-state index in [0.717, 1.165) is 10.7 Å². The number of carbonyl (C=O) groups is 1. The van der Waals surface area contributed by atoms with Crippen molar-refractivity contribution in [1.82, 2.24) is 4.98 Å². The number of hydrogen-bond donors (Lipinski definition) is 1. The van der Waals surface area contributed by atoms with Gasteiger partial charge in [0.25, 0.3) is 0 Å². The molecule has 0 unspecified atom stereocenters. The van der Waals surface area contributed by atoms with Crippen molar-refractivity contribution >= 4 is 51.5 Å². The van der Waals surface area contributed by atoms with E-state index in [9.17, 15) is 4.79 Å². The van der Waals surface area contributed by atoms with Gasteiger partial charge >= 0.3 is 0 Å². The number of methoxy groups -OCH3 is 1. The summed E-state index contributed by atoms with van der Waals surface area (Å²) in [5.41, 5.74) is 7.45.